The second-order valence-electron chi connectivity index (χ2n) is 6.36. The van der Waals surface area contributed by atoms with Gasteiger partial charge in [0.1, 0.15) is 0 Å². The van der Waals surface area contributed by atoms with Gasteiger partial charge in [-0.05, 0) is 30.9 Å². The van der Waals surface area contributed by atoms with Crippen molar-refractivity contribution < 1.29 is 9.53 Å². The number of rotatable bonds is 6. The van der Waals surface area contributed by atoms with Gasteiger partial charge in [0.25, 0.3) is 5.91 Å². The number of carbonyl (C=O) groups is 1. The number of hydrogen-bond donors (Lipinski definition) is 2. The Morgan fingerprint density at radius 1 is 1.32 bits per heavy atom. The molecule has 0 aromatic heterocycles. The summed E-state index contributed by atoms with van der Waals surface area (Å²) in [6.45, 7) is 1.97. The largest absolute Gasteiger partial charge is 0.370 e. The van der Waals surface area contributed by atoms with Crippen molar-refractivity contribution in [3.63, 3.8) is 0 Å². The Morgan fingerprint density at radius 2 is 2.00 bits per heavy atom. The minimum atomic E-state index is -0.596. The molecular weight excluding hydrogens is 276 g/mol. The highest BCUT2D eigenvalue weighted by Gasteiger charge is 2.28. The number of anilines is 1. The Morgan fingerprint density at radius 3 is 2.64 bits per heavy atom. The van der Waals surface area contributed by atoms with Crippen LogP contribution in [0, 0.1) is 12.8 Å². The maximum Gasteiger partial charge on any atom is 0.255 e. The summed E-state index contributed by atoms with van der Waals surface area (Å²) in [5.74, 6) is 0.479. The molecule has 122 valence electrons. The summed E-state index contributed by atoms with van der Waals surface area (Å²) in [6, 6.07) is 7.48. The Kier molecular flexibility index (Phi) is 6.40. The van der Waals surface area contributed by atoms with Crippen molar-refractivity contribution in [1.29, 1.82) is 0 Å². The standard InChI is InChI=1S/C18H28N2O2/c1-13-8-6-7-11-16(13)20-18(21)17(22-2)15(19)12-14-9-4-3-5-10-14/h6-8,11,14-15,17H,3-5,9-10,12,19H2,1-2H3,(H,20,21)/t15-,17?/m1/s1. The first kappa shape index (κ1) is 17.0. The van der Waals surface area contributed by atoms with Gasteiger partial charge in [-0.1, -0.05) is 50.3 Å². The van der Waals surface area contributed by atoms with Gasteiger partial charge in [-0.15, -0.1) is 0 Å². The first-order valence-electron chi connectivity index (χ1n) is 8.26. The lowest BCUT2D eigenvalue weighted by atomic mass is 9.84. The van der Waals surface area contributed by atoms with Crippen LogP contribution in [0.5, 0.6) is 0 Å². The Bertz CT molecular complexity index is 484. The van der Waals surface area contributed by atoms with Crippen molar-refractivity contribution in [1.82, 2.24) is 0 Å². The van der Waals surface area contributed by atoms with Crippen LogP contribution in [-0.2, 0) is 9.53 Å². The predicted molar refractivity (Wildman–Crippen MR) is 89.8 cm³/mol. The monoisotopic (exact) mass is 304 g/mol. The second kappa shape index (κ2) is 8.30. The third-order valence-electron chi connectivity index (χ3n) is 4.63. The zero-order chi connectivity index (χ0) is 15.9. The lowest BCUT2D eigenvalue weighted by Crippen LogP contribution is -2.46. The second-order valence-corrected chi connectivity index (χ2v) is 6.36. The molecule has 1 saturated carbocycles. The molecule has 1 unspecified atom stereocenters. The van der Waals surface area contributed by atoms with Crippen molar-refractivity contribution in [2.75, 3.05) is 12.4 Å². The molecule has 1 fully saturated rings. The number of nitrogens with one attached hydrogen (secondary N) is 1. The zero-order valence-electron chi connectivity index (χ0n) is 13.7. The maximum atomic E-state index is 12.5. The molecule has 1 aromatic carbocycles. The van der Waals surface area contributed by atoms with Crippen LogP contribution in [0.25, 0.3) is 0 Å². The fourth-order valence-corrected chi connectivity index (χ4v) is 3.32. The summed E-state index contributed by atoms with van der Waals surface area (Å²) in [5, 5.41) is 2.94. The van der Waals surface area contributed by atoms with Gasteiger partial charge in [-0.25, -0.2) is 0 Å². The molecule has 4 heteroatoms. The van der Waals surface area contributed by atoms with E-state index < -0.39 is 6.10 Å². The molecule has 1 aliphatic carbocycles. The molecule has 4 nitrogen and oxygen atoms in total. The van der Waals surface area contributed by atoms with Gasteiger partial charge in [-0.3, -0.25) is 4.79 Å². The van der Waals surface area contributed by atoms with E-state index in [4.69, 9.17) is 10.5 Å². The molecule has 1 aromatic rings. The summed E-state index contributed by atoms with van der Waals surface area (Å²) in [7, 11) is 1.56. The molecule has 3 N–H and O–H groups in total. The normalized spacial score (nSPS) is 18.7. The molecule has 0 saturated heterocycles. The average Bonchev–Trinajstić information content (AvgIpc) is 2.51. The SMILES string of the molecule is COC(C(=O)Nc1ccccc1C)[C@H](N)CC1CCCCC1. The van der Waals surface area contributed by atoms with Gasteiger partial charge >= 0.3 is 0 Å². The summed E-state index contributed by atoms with van der Waals surface area (Å²) < 4.78 is 5.39. The number of benzene rings is 1. The molecule has 0 bridgehead atoms. The van der Waals surface area contributed by atoms with E-state index in [0.29, 0.717) is 5.92 Å². The Hall–Kier alpha value is -1.39. The third-order valence-corrected chi connectivity index (χ3v) is 4.63. The Balaban J connectivity index is 1.94. The molecule has 0 heterocycles. The lowest BCUT2D eigenvalue weighted by molar-refractivity contribution is -0.127. The highest BCUT2D eigenvalue weighted by molar-refractivity contribution is 5.95. The number of aryl methyl sites for hydroxylation is 1. The van der Waals surface area contributed by atoms with Gasteiger partial charge in [0.15, 0.2) is 6.10 Å². The van der Waals surface area contributed by atoms with E-state index in [2.05, 4.69) is 5.32 Å². The van der Waals surface area contributed by atoms with Crippen LogP contribution < -0.4 is 11.1 Å². The molecule has 0 radical (unpaired) electrons. The quantitative estimate of drug-likeness (QED) is 0.848. The lowest BCUT2D eigenvalue weighted by Gasteiger charge is -2.28. The molecule has 1 amide bonds. The van der Waals surface area contributed by atoms with Crippen LogP contribution in [0.1, 0.15) is 44.1 Å². The van der Waals surface area contributed by atoms with Crippen molar-refractivity contribution in [2.45, 2.75) is 57.6 Å². The van der Waals surface area contributed by atoms with Gasteiger partial charge in [0, 0.05) is 18.8 Å². The number of carbonyl (C=O) groups excluding carboxylic acids is 1. The number of amides is 1. The fourth-order valence-electron chi connectivity index (χ4n) is 3.32. The van der Waals surface area contributed by atoms with E-state index in [1.54, 1.807) is 7.11 Å². The fraction of sp³-hybridized carbons (Fsp3) is 0.611. The molecule has 2 atom stereocenters. The molecule has 1 aliphatic rings. The number of methoxy groups -OCH3 is 1. The van der Waals surface area contributed by atoms with Gasteiger partial charge in [0.05, 0.1) is 0 Å². The number of nitrogens with two attached hydrogens (primary N) is 1. The molecule has 0 spiro atoms. The number of hydrogen-bond acceptors (Lipinski definition) is 3. The van der Waals surface area contributed by atoms with Crippen molar-refractivity contribution in [3.8, 4) is 0 Å². The van der Waals surface area contributed by atoms with Crippen LogP contribution in [0.3, 0.4) is 0 Å². The summed E-state index contributed by atoms with van der Waals surface area (Å²) >= 11 is 0. The maximum absolute atomic E-state index is 12.5. The predicted octanol–water partition coefficient (Wildman–Crippen LogP) is 3.25. The van der Waals surface area contributed by atoms with Crippen LogP contribution in [0.15, 0.2) is 24.3 Å². The van der Waals surface area contributed by atoms with E-state index in [1.807, 2.05) is 31.2 Å². The molecule has 22 heavy (non-hydrogen) atoms. The Labute approximate surface area is 133 Å². The molecule has 0 aliphatic heterocycles. The van der Waals surface area contributed by atoms with Gasteiger partial charge < -0.3 is 15.8 Å². The van der Waals surface area contributed by atoms with E-state index in [0.717, 1.165) is 17.7 Å². The average molecular weight is 304 g/mol. The van der Waals surface area contributed by atoms with E-state index in [1.165, 1.54) is 32.1 Å². The minimum Gasteiger partial charge on any atom is -0.370 e. The van der Waals surface area contributed by atoms with Crippen LogP contribution >= 0.6 is 0 Å². The van der Waals surface area contributed by atoms with Crippen LogP contribution in [0.4, 0.5) is 5.69 Å². The van der Waals surface area contributed by atoms with Crippen molar-refractivity contribution in [3.05, 3.63) is 29.8 Å². The van der Waals surface area contributed by atoms with E-state index >= 15 is 0 Å². The zero-order valence-corrected chi connectivity index (χ0v) is 13.7. The van der Waals surface area contributed by atoms with Crippen LogP contribution in [0.2, 0.25) is 0 Å². The third kappa shape index (κ3) is 4.55. The van der Waals surface area contributed by atoms with Gasteiger partial charge in [0.2, 0.25) is 0 Å². The first-order valence-corrected chi connectivity index (χ1v) is 8.26. The topological polar surface area (TPSA) is 64.3 Å². The summed E-state index contributed by atoms with van der Waals surface area (Å²) in [6.07, 6.45) is 6.61. The minimum absolute atomic E-state index is 0.153. The van der Waals surface area contributed by atoms with E-state index in [9.17, 15) is 4.79 Å². The van der Waals surface area contributed by atoms with Crippen LogP contribution in [-0.4, -0.2) is 25.2 Å². The molecular formula is C18H28N2O2. The van der Waals surface area contributed by atoms with Gasteiger partial charge in [-0.2, -0.15) is 0 Å². The summed E-state index contributed by atoms with van der Waals surface area (Å²) in [4.78, 5) is 12.5. The smallest absolute Gasteiger partial charge is 0.255 e. The first-order chi connectivity index (χ1) is 10.6. The van der Waals surface area contributed by atoms with Crippen molar-refractivity contribution in [2.24, 2.45) is 11.7 Å². The highest BCUT2D eigenvalue weighted by atomic mass is 16.5. The number of para-hydroxylation sites is 1. The molecule has 2 rings (SSSR count). The van der Waals surface area contributed by atoms with Crippen molar-refractivity contribution >= 4 is 11.6 Å². The number of ether oxygens (including phenoxy) is 1. The highest BCUT2D eigenvalue weighted by Crippen LogP contribution is 2.28. The van der Waals surface area contributed by atoms with E-state index in [-0.39, 0.29) is 11.9 Å². The summed E-state index contributed by atoms with van der Waals surface area (Å²) in [5.41, 5.74) is 8.12.